The maximum Gasteiger partial charge on any atom is 0.241 e. The van der Waals surface area contributed by atoms with Crippen molar-refractivity contribution < 1.29 is 14.3 Å². The fraction of sp³-hybridized carbons (Fsp3) is 0.364. The molecule has 1 fully saturated rings. The molecule has 3 rings (SSSR count). The van der Waals surface area contributed by atoms with Crippen molar-refractivity contribution in [1.29, 1.82) is 5.26 Å². The average molecular weight is 394 g/mol. The number of benzene rings is 2. The first-order valence-corrected chi connectivity index (χ1v) is 9.58. The zero-order valence-electron chi connectivity index (χ0n) is 16.9. The second kappa shape index (κ2) is 9.80. The first-order valence-electron chi connectivity index (χ1n) is 9.58. The molecule has 1 aliphatic rings. The van der Waals surface area contributed by atoms with E-state index < -0.39 is 0 Å². The van der Waals surface area contributed by atoms with Gasteiger partial charge in [0.1, 0.15) is 11.5 Å². The summed E-state index contributed by atoms with van der Waals surface area (Å²) in [5, 5.41) is 12.0. The number of ether oxygens (including phenoxy) is 2. The first-order chi connectivity index (χ1) is 14.1. The summed E-state index contributed by atoms with van der Waals surface area (Å²) in [6.07, 6.45) is 0. The molecule has 0 radical (unpaired) electrons. The lowest BCUT2D eigenvalue weighted by Gasteiger charge is -2.35. The second-order valence-corrected chi connectivity index (χ2v) is 6.88. The van der Waals surface area contributed by atoms with Gasteiger partial charge < -0.3 is 19.7 Å². The third kappa shape index (κ3) is 5.39. The summed E-state index contributed by atoms with van der Waals surface area (Å²) in [5.74, 6) is 1.73. The largest absolute Gasteiger partial charge is 0.497 e. The van der Waals surface area contributed by atoms with Crippen molar-refractivity contribution in [2.75, 3.05) is 52.3 Å². The van der Waals surface area contributed by atoms with Gasteiger partial charge in [0.2, 0.25) is 5.91 Å². The molecule has 0 bridgehead atoms. The minimum atomic E-state index is 0.0768. The van der Waals surface area contributed by atoms with Crippen LogP contribution in [0.25, 0.3) is 0 Å². The Morgan fingerprint density at radius 1 is 1.07 bits per heavy atom. The molecule has 7 heteroatoms. The van der Waals surface area contributed by atoms with Crippen molar-refractivity contribution in [3.63, 3.8) is 0 Å². The molecule has 0 aliphatic carbocycles. The van der Waals surface area contributed by atoms with E-state index in [1.54, 1.807) is 26.4 Å². The van der Waals surface area contributed by atoms with Crippen LogP contribution in [0.4, 0.5) is 5.69 Å². The second-order valence-electron chi connectivity index (χ2n) is 6.88. The van der Waals surface area contributed by atoms with Crippen molar-refractivity contribution in [2.45, 2.75) is 6.54 Å². The van der Waals surface area contributed by atoms with Gasteiger partial charge in [0, 0.05) is 44.0 Å². The van der Waals surface area contributed by atoms with Gasteiger partial charge in [-0.15, -0.1) is 0 Å². The maximum atomic E-state index is 12.5. The molecule has 0 spiro atoms. The lowest BCUT2D eigenvalue weighted by Crippen LogP contribution is -2.49. The molecule has 0 saturated carbocycles. The van der Waals surface area contributed by atoms with Gasteiger partial charge in [-0.25, -0.2) is 0 Å². The molecule has 1 heterocycles. The Kier molecular flexibility index (Phi) is 6.93. The predicted molar refractivity (Wildman–Crippen MR) is 111 cm³/mol. The molecule has 2 aromatic carbocycles. The third-order valence-corrected chi connectivity index (χ3v) is 5.06. The van der Waals surface area contributed by atoms with E-state index in [0.717, 1.165) is 42.4 Å². The van der Waals surface area contributed by atoms with Crippen molar-refractivity contribution in [3.8, 4) is 17.6 Å². The topological polar surface area (TPSA) is 77.8 Å². The molecule has 152 valence electrons. The standard InChI is InChI=1S/C22H26N4O3/c1-28-20-7-8-21(29-2)18(13-20)16-25-9-11-26(12-10-25)22(27)15-24-19-5-3-17(14-23)4-6-19/h3-8,13,24H,9-12,15-16H2,1-2H3. The quantitative estimate of drug-likeness (QED) is 0.777. The zero-order valence-corrected chi connectivity index (χ0v) is 16.9. The third-order valence-electron chi connectivity index (χ3n) is 5.06. The molecule has 0 aromatic heterocycles. The van der Waals surface area contributed by atoms with Crippen LogP contribution < -0.4 is 14.8 Å². The van der Waals surface area contributed by atoms with Crippen LogP contribution in [0.1, 0.15) is 11.1 Å². The number of anilines is 1. The van der Waals surface area contributed by atoms with Gasteiger partial charge in [0.25, 0.3) is 0 Å². The van der Waals surface area contributed by atoms with Crippen molar-refractivity contribution >= 4 is 11.6 Å². The van der Waals surface area contributed by atoms with Crippen molar-refractivity contribution in [2.24, 2.45) is 0 Å². The summed E-state index contributed by atoms with van der Waals surface area (Å²) >= 11 is 0. The lowest BCUT2D eigenvalue weighted by molar-refractivity contribution is -0.131. The number of nitriles is 1. The number of hydrogen-bond donors (Lipinski definition) is 1. The van der Waals surface area contributed by atoms with Gasteiger partial charge in [-0.05, 0) is 42.5 Å². The van der Waals surface area contributed by atoms with Crippen LogP contribution in [-0.2, 0) is 11.3 Å². The Morgan fingerprint density at radius 3 is 2.41 bits per heavy atom. The highest BCUT2D eigenvalue weighted by Crippen LogP contribution is 2.25. The number of piperazine rings is 1. The fourth-order valence-electron chi connectivity index (χ4n) is 3.35. The van der Waals surface area contributed by atoms with E-state index in [0.29, 0.717) is 18.7 Å². The number of amides is 1. The highest BCUT2D eigenvalue weighted by atomic mass is 16.5. The fourth-order valence-corrected chi connectivity index (χ4v) is 3.35. The van der Waals surface area contributed by atoms with E-state index in [1.807, 2.05) is 35.2 Å². The van der Waals surface area contributed by atoms with Gasteiger partial charge in [-0.1, -0.05) is 0 Å². The number of rotatable bonds is 7. The van der Waals surface area contributed by atoms with Crippen LogP contribution in [0.2, 0.25) is 0 Å². The van der Waals surface area contributed by atoms with Crippen LogP contribution in [0.15, 0.2) is 42.5 Å². The SMILES string of the molecule is COc1ccc(OC)c(CN2CCN(C(=O)CNc3ccc(C#N)cc3)CC2)c1. The van der Waals surface area contributed by atoms with Crippen LogP contribution in [0.3, 0.4) is 0 Å². The highest BCUT2D eigenvalue weighted by Gasteiger charge is 2.21. The smallest absolute Gasteiger partial charge is 0.241 e. The lowest BCUT2D eigenvalue weighted by atomic mass is 10.1. The van der Waals surface area contributed by atoms with E-state index >= 15 is 0 Å². The molecule has 7 nitrogen and oxygen atoms in total. The van der Waals surface area contributed by atoms with Crippen LogP contribution in [-0.4, -0.2) is 62.7 Å². The molecular formula is C22H26N4O3. The van der Waals surface area contributed by atoms with Crippen molar-refractivity contribution in [1.82, 2.24) is 9.80 Å². The summed E-state index contributed by atoms with van der Waals surface area (Å²) < 4.78 is 10.8. The Balaban J connectivity index is 1.48. The Bertz CT molecular complexity index is 869. The minimum absolute atomic E-state index is 0.0768. The molecule has 0 atom stereocenters. The Hall–Kier alpha value is -3.24. The van der Waals surface area contributed by atoms with E-state index in [1.165, 1.54) is 0 Å². The molecular weight excluding hydrogens is 368 g/mol. The molecule has 0 unspecified atom stereocenters. The molecule has 1 amide bonds. The summed E-state index contributed by atoms with van der Waals surface area (Å²) in [6, 6.07) is 15.0. The highest BCUT2D eigenvalue weighted by molar-refractivity contribution is 5.81. The first kappa shape index (κ1) is 20.5. The molecule has 1 aliphatic heterocycles. The monoisotopic (exact) mass is 394 g/mol. The van der Waals surface area contributed by atoms with E-state index in [2.05, 4.69) is 16.3 Å². The number of nitrogens with zero attached hydrogens (tertiary/aromatic N) is 3. The van der Waals surface area contributed by atoms with Gasteiger partial charge in [-0.3, -0.25) is 9.69 Å². The number of carbonyl (C=O) groups is 1. The molecule has 1 N–H and O–H groups in total. The van der Waals surface area contributed by atoms with Crippen molar-refractivity contribution in [3.05, 3.63) is 53.6 Å². The molecule has 2 aromatic rings. The Labute approximate surface area is 171 Å². The summed E-state index contributed by atoms with van der Waals surface area (Å²) in [4.78, 5) is 16.7. The van der Waals surface area contributed by atoms with Gasteiger partial charge >= 0.3 is 0 Å². The van der Waals surface area contributed by atoms with E-state index in [-0.39, 0.29) is 12.5 Å². The normalized spacial score (nSPS) is 14.2. The average Bonchev–Trinajstić information content (AvgIpc) is 2.78. The van der Waals surface area contributed by atoms with Crippen LogP contribution in [0.5, 0.6) is 11.5 Å². The minimum Gasteiger partial charge on any atom is -0.497 e. The van der Waals surface area contributed by atoms with E-state index in [4.69, 9.17) is 14.7 Å². The maximum absolute atomic E-state index is 12.5. The molecule has 29 heavy (non-hydrogen) atoms. The molecule has 1 saturated heterocycles. The summed E-state index contributed by atoms with van der Waals surface area (Å²) in [5.41, 5.74) is 2.51. The number of methoxy groups -OCH3 is 2. The Morgan fingerprint density at radius 2 is 1.79 bits per heavy atom. The zero-order chi connectivity index (χ0) is 20.6. The van der Waals surface area contributed by atoms with E-state index in [9.17, 15) is 4.79 Å². The van der Waals surface area contributed by atoms with Gasteiger partial charge in [-0.2, -0.15) is 5.26 Å². The van der Waals surface area contributed by atoms with Crippen LogP contribution >= 0.6 is 0 Å². The predicted octanol–water partition coefficient (Wildman–Crippen LogP) is 2.33. The number of hydrogen-bond acceptors (Lipinski definition) is 6. The van der Waals surface area contributed by atoms with Gasteiger partial charge in [0.05, 0.1) is 32.4 Å². The summed E-state index contributed by atoms with van der Waals surface area (Å²) in [7, 11) is 3.32. The van der Waals surface area contributed by atoms with Gasteiger partial charge in [0.15, 0.2) is 0 Å². The number of carbonyl (C=O) groups excluding carboxylic acids is 1. The number of nitrogens with one attached hydrogen (secondary N) is 1. The summed E-state index contributed by atoms with van der Waals surface area (Å²) in [6.45, 7) is 4.01. The van der Waals surface area contributed by atoms with Crippen LogP contribution in [0, 0.1) is 11.3 Å².